The fourth-order valence-corrected chi connectivity index (χ4v) is 3.61. The largest absolute Gasteiger partial charge is 0.326 e. The van der Waals surface area contributed by atoms with Crippen molar-refractivity contribution in [2.24, 2.45) is 5.92 Å². The average molecular weight is 350 g/mol. The second-order valence-electron chi connectivity index (χ2n) is 6.84. The molecule has 1 atom stereocenters. The number of amides is 2. The summed E-state index contributed by atoms with van der Waals surface area (Å²) in [6.45, 7) is 6.61. The molecule has 2 amide bonds. The number of nitrogens with one attached hydrogen (secondary N) is 1. The molecule has 0 saturated carbocycles. The molecule has 1 N–H and O–H groups in total. The maximum absolute atomic E-state index is 12.7. The van der Waals surface area contributed by atoms with Crippen LogP contribution in [-0.2, 0) is 22.4 Å². The van der Waals surface area contributed by atoms with Crippen LogP contribution in [0.2, 0.25) is 0 Å². The number of carbonyl (C=O) groups excluding carboxylic acids is 2. The van der Waals surface area contributed by atoms with Gasteiger partial charge < -0.3 is 10.2 Å². The molecule has 3 rings (SSSR count). The number of benzene rings is 2. The SMILES string of the molecule is CCc1cccc(CC)c1N1C[C@@H](C(=O)Nc2ccccc2C)CC1=O. The van der Waals surface area contributed by atoms with Gasteiger partial charge in [-0.1, -0.05) is 50.2 Å². The summed E-state index contributed by atoms with van der Waals surface area (Å²) >= 11 is 0. The van der Waals surface area contributed by atoms with Gasteiger partial charge in [0.2, 0.25) is 11.8 Å². The van der Waals surface area contributed by atoms with Crippen molar-refractivity contribution >= 4 is 23.2 Å². The standard InChI is InChI=1S/C22H26N2O2/c1-4-16-10-8-11-17(5-2)21(16)24-14-18(13-20(24)25)22(26)23-19-12-7-6-9-15(19)3/h6-12,18H,4-5,13-14H2,1-3H3,(H,23,26)/t18-/m0/s1. The molecule has 136 valence electrons. The van der Waals surface area contributed by atoms with Gasteiger partial charge >= 0.3 is 0 Å². The Morgan fingerprint density at radius 3 is 2.35 bits per heavy atom. The topological polar surface area (TPSA) is 49.4 Å². The monoisotopic (exact) mass is 350 g/mol. The number of carbonyl (C=O) groups is 2. The van der Waals surface area contributed by atoms with Gasteiger partial charge in [-0.3, -0.25) is 9.59 Å². The molecule has 0 radical (unpaired) electrons. The third-order valence-electron chi connectivity index (χ3n) is 5.13. The molecular weight excluding hydrogens is 324 g/mol. The highest BCUT2D eigenvalue weighted by molar-refractivity contribution is 6.04. The molecule has 1 aliphatic rings. The molecule has 2 aromatic rings. The van der Waals surface area contributed by atoms with Gasteiger partial charge in [0.15, 0.2) is 0 Å². The van der Waals surface area contributed by atoms with Gasteiger partial charge in [0, 0.05) is 24.3 Å². The molecule has 1 fully saturated rings. The Kier molecular flexibility index (Phi) is 5.40. The molecule has 0 aliphatic carbocycles. The first-order valence-electron chi connectivity index (χ1n) is 9.32. The number of para-hydroxylation sites is 2. The summed E-state index contributed by atoms with van der Waals surface area (Å²) in [6, 6.07) is 13.9. The minimum atomic E-state index is -0.322. The van der Waals surface area contributed by atoms with Crippen LogP contribution >= 0.6 is 0 Å². The number of anilines is 2. The van der Waals surface area contributed by atoms with Gasteiger partial charge in [0.1, 0.15) is 0 Å². The van der Waals surface area contributed by atoms with E-state index in [1.807, 2.05) is 42.2 Å². The summed E-state index contributed by atoms with van der Waals surface area (Å²) in [7, 11) is 0. The van der Waals surface area contributed by atoms with Crippen molar-refractivity contribution in [1.29, 1.82) is 0 Å². The molecule has 2 aromatic carbocycles. The predicted molar refractivity (Wildman–Crippen MR) is 105 cm³/mol. The molecule has 4 nitrogen and oxygen atoms in total. The molecule has 0 bridgehead atoms. The van der Waals surface area contributed by atoms with E-state index in [-0.39, 0.29) is 24.2 Å². The minimum absolute atomic E-state index is 0.0329. The van der Waals surface area contributed by atoms with Crippen LogP contribution in [0.15, 0.2) is 42.5 Å². The lowest BCUT2D eigenvalue weighted by Crippen LogP contribution is -2.29. The minimum Gasteiger partial charge on any atom is -0.326 e. The Morgan fingerprint density at radius 2 is 1.73 bits per heavy atom. The first-order chi connectivity index (χ1) is 12.5. The molecule has 1 aliphatic heterocycles. The number of aryl methyl sites for hydroxylation is 3. The smallest absolute Gasteiger partial charge is 0.229 e. The lowest BCUT2D eigenvalue weighted by atomic mass is 10.0. The van der Waals surface area contributed by atoms with Crippen molar-refractivity contribution in [3.63, 3.8) is 0 Å². The molecule has 0 unspecified atom stereocenters. The normalized spacial score (nSPS) is 16.8. The Labute approximate surface area is 155 Å². The van der Waals surface area contributed by atoms with Crippen molar-refractivity contribution in [2.75, 3.05) is 16.8 Å². The van der Waals surface area contributed by atoms with Gasteiger partial charge in [-0.25, -0.2) is 0 Å². The van der Waals surface area contributed by atoms with Gasteiger partial charge in [0.25, 0.3) is 0 Å². The van der Waals surface area contributed by atoms with E-state index >= 15 is 0 Å². The molecule has 0 aromatic heterocycles. The maximum Gasteiger partial charge on any atom is 0.229 e. The highest BCUT2D eigenvalue weighted by atomic mass is 16.2. The Bertz CT molecular complexity index is 806. The van der Waals surface area contributed by atoms with Crippen molar-refractivity contribution in [3.8, 4) is 0 Å². The Balaban J connectivity index is 1.81. The highest BCUT2D eigenvalue weighted by Crippen LogP contribution is 2.33. The van der Waals surface area contributed by atoms with Crippen LogP contribution in [0, 0.1) is 12.8 Å². The lowest BCUT2D eigenvalue weighted by molar-refractivity contribution is -0.122. The van der Waals surface area contributed by atoms with Crippen LogP contribution in [0.1, 0.15) is 37.0 Å². The zero-order valence-corrected chi connectivity index (χ0v) is 15.7. The highest BCUT2D eigenvalue weighted by Gasteiger charge is 2.36. The third kappa shape index (κ3) is 3.50. The Hall–Kier alpha value is -2.62. The summed E-state index contributed by atoms with van der Waals surface area (Å²) in [5.74, 6) is -0.371. The molecular formula is C22H26N2O2. The summed E-state index contributed by atoms with van der Waals surface area (Å²) < 4.78 is 0. The van der Waals surface area contributed by atoms with Crippen LogP contribution in [0.3, 0.4) is 0 Å². The zero-order valence-electron chi connectivity index (χ0n) is 15.7. The van der Waals surface area contributed by atoms with Crippen molar-refractivity contribution in [3.05, 3.63) is 59.2 Å². The van der Waals surface area contributed by atoms with E-state index in [1.165, 1.54) is 0 Å². The first kappa shape index (κ1) is 18.2. The van der Waals surface area contributed by atoms with Crippen molar-refractivity contribution < 1.29 is 9.59 Å². The van der Waals surface area contributed by atoms with Crippen molar-refractivity contribution in [1.82, 2.24) is 0 Å². The number of hydrogen-bond donors (Lipinski definition) is 1. The zero-order chi connectivity index (χ0) is 18.7. The first-order valence-corrected chi connectivity index (χ1v) is 9.32. The van der Waals surface area contributed by atoms with Crippen LogP contribution < -0.4 is 10.2 Å². The fourth-order valence-electron chi connectivity index (χ4n) is 3.61. The second-order valence-corrected chi connectivity index (χ2v) is 6.84. The second kappa shape index (κ2) is 7.73. The van der Waals surface area contributed by atoms with Crippen LogP contribution in [0.25, 0.3) is 0 Å². The van der Waals surface area contributed by atoms with Gasteiger partial charge in [-0.15, -0.1) is 0 Å². The van der Waals surface area contributed by atoms with E-state index in [2.05, 4.69) is 31.3 Å². The maximum atomic E-state index is 12.7. The van der Waals surface area contributed by atoms with E-state index in [0.717, 1.165) is 40.9 Å². The van der Waals surface area contributed by atoms with Gasteiger partial charge in [-0.05, 0) is 42.5 Å². The van der Waals surface area contributed by atoms with Crippen molar-refractivity contribution in [2.45, 2.75) is 40.0 Å². The van der Waals surface area contributed by atoms with E-state index in [9.17, 15) is 9.59 Å². The average Bonchev–Trinajstić information content (AvgIpc) is 3.04. The summed E-state index contributed by atoms with van der Waals surface area (Å²) in [6.07, 6.45) is 2.00. The molecule has 1 saturated heterocycles. The fraction of sp³-hybridized carbons (Fsp3) is 0.364. The predicted octanol–water partition coefficient (Wildman–Crippen LogP) is 4.11. The van der Waals surface area contributed by atoms with E-state index in [1.54, 1.807) is 0 Å². The van der Waals surface area contributed by atoms with E-state index in [0.29, 0.717) is 6.54 Å². The number of hydrogen-bond acceptors (Lipinski definition) is 2. The van der Waals surface area contributed by atoms with Crippen LogP contribution in [-0.4, -0.2) is 18.4 Å². The summed E-state index contributed by atoms with van der Waals surface area (Å²) in [4.78, 5) is 27.2. The summed E-state index contributed by atoms with van der Waals surface area (Å²) in [5.41, 5.74) is 5.17. The third-order valence-corrected chi connectivity index (χ3v) is 5.13. The van der Waals surface area contributed by atoms with Crippen LogP contribution in [0.5, 0.6) is 0 Å². The molecule has 0 spiro atoms. The van der Waals surface area contributed by atoms with Crippen LogP contribution in [0.4, 0.5) is 11.4 Å². The quantitative estimate of drug-likeness (QED) is 0.882. The molecule has 1 heterocycles. The van der Waals surface area contributed by atoms with E-state index in [4.69, 9.17) is 0 Å². The number of rotatable bonds is 5. The van der Waals surface area contributed by atoms with Gasteiger partial charge in [0.05, 0.1) is 5.92 Å². The lowest BCUT2D eigenvalue weighted by Gasteiger charge is -2.23. The van der Waals surface area contributed by atoms with E-state index < -0.39 is 0 Å². The summed E-state index contributed by atoms with van der Waals surface area (Å²) in [5, 5.41) is 2.98. The Morgan fingerprint density at radius 1 is 1.08 bits per heavy atom. The number of nitrogens with zero attached hydrogens (tertiary/aromatic N) is 1. The molecule has 4 heteroatoms. The molecule has 26 heavy (non-hydrogen) atoms. The van der Waals surface area contributed by atoms with Gasteiger partial charge in [-0.2, -0.15) is 0 Å².